The summed E-state index contributed by atoms with van der Waals surface area (Å²) in [5, 5.41) is 14.2. The molecule has 0 aliphatic carbocycles. The zero-order valence-electron chi connectivity index (χ0n) is 19.1. The molecular weight excluding hydrogens is 479 g/mol. The van der Waals surface area contributed by atoms with E-state index in [9.17, 15) is 17.6 Å². The first-order valence-corrected chi connectivity index (χ1v) is 12.5. The van der Waals surface area contributed by atoms with Gasteiger partial charge >= 0.3 is 0 Å². The number of primary sulfonamides is 1. The van der Waals surface area contributed by atoms with Crippen molar-refractivity contribution in [3.05, 3.63) is 108 Å². The fraction of sp³-hybridized carbons (Fsp3) is 0.0370. The van der Waals surface area contributed by atoms with Crippen LogP contribution < -0.4 is 10.5 Å². The summed E-state index contributed by atoms with van der Waals surface area (Å²) in [7, 11) is -3.89. The topological polar surface area (TPSA) is 107 Å². The van der Waals surface area contributed by atoms with Gasteiger partial charge in [-0.3, -0.25) is 4.79 Å². The summed E-state index contributed by atoms with van der Waals surface area (Å²) in [6, 6.07) is 24.9. The number of halogens is 1. The number of nitrogens with two attached hydrogens (primary N) is 1. The number of carbonyl (C=O) groups excluding carboxylic acids is 1. The van der Waals surface area contributed by atoms with Gasteiger partial charge in [0.15, 0.2) is 0 Å². The number of carbonyl (C=O) groups is 1. The lowest BCUT2D eigenvalue weighted by atomic mass is 10.1. The highest BCUT2D eigenvalue weighted by Gasteiger charge is 2.17. The second-order valence-corrected chi connectivity index (χ2v) is 9.86. The molecule has 36 heavy (non-hydrogen) atoms. The molecule has 0 fully saturated rings. The lowest BCUT2D eigenvalue weighted by molar-refractivity contribution is 0.101. The summed E-state index contributed by atoms with van der Waals surface area (Å²) in [6.45, 7) is 1.79. The summed E-state index contributed by atoms with van der Waals surface area (Å²) < 4.78 is 38.9. The summed E-state index contributed by atoms with van der Waals surface area (Å²) in [5.74, 6) is -0.683. The summed E-state index contributed by atoms with van der Waals surface area (Å²) in [5.41, 5.74) is 3.30. The van der Waals surface area contributed by atoms with Crippen LogP contribution in [-0.2, 0) is 10.0 Å². The van der Waals surface area contributed by atoms with Gasteiger partial charge in [-0.25, -0.2) is 22.6 Å². The van der Waals surface area contributed by atoms with E-state index in [1.807, 2.05) is 6.07 Å². The summed E-state index contributed by atoms with van der Waals surface area (Å²) in [6.07, 6.45) is 0. The van der Waals surface area contributed by atoms with Gasteiger partial charge in [0, 0.05) is 11.3 Å². The van der Waals surface area contributed by atoms with Crippen LogP contribution in [0.2, 0.25) is 0 Å². The first-order chi connectivity index (χ1) is 17.2. The second kappa shape index (κ2) is 9.03. The Balaban J connectivity index is 1.42. The largest absolute Gasteiger partial charge is 0.321 e. The minimum absolute atomic E-state index is 0.0271. The number of rotatable bonds is 5. The molecule has 3 N–H and O–H groups in total. The van der Waals surface area contributed by atoms with E-state index in [4.69, 9.17) is 5.14 Å². The van der Waals surface area contributed by atoms with Crippen LogP contribution in [0.25, 0.3) is 27.6 Å². The van der Waals surface area contributed by atoms with E-state index in [0.717, 1.165) is 10.8 Å². The molecule has 1 amide bonds. The highest BCUT2D eigenvalue weighted by Crippen LogP contribution is 2.28. The fourth-order valence-electron chi connectivity index (χ4n) is 4.08. The van der Waals surface area contributed by atoms with Crippen LogP contribution >= 0.6 is 0 Å². The van der Waals surface area contributed by atoms with E-state index in [2.05, 4.69) is 10.4 Å². The first kappa shape index (κ1) is 23.4. The van der Waals surface area contributed by atoms with Crippen molar-refractivity contribution in [2.75, 3.05) is 5.32 Å². The minimum atomic E-state index is -3.89. The van der Waals surface area contributed by atoms with Gasteiger partial charge in [-0.1, -0.05) is 42.5 Å². The van der Waals surface area contributed by atoms with Crippen molar-refractivity contribution in [1.29, 1.82) is 0 Å². The maximum absolute atomic E-state index is 13.5. The molecule has 0 saturated carbocycles. The number of hydrogen-bond donors (Lipinski definition) is 2. The van der Waals surface area contributed by atoms with Crippen molar-refractivity contribution in [1.82, 2.24) is 9.78 Å². The van der Waals surface area contributed by atoms with Crippen molar-refractivity contribution < 1.29 is 17.6 Å². The smallest absolute Gasteiger partial charge is 0.274 e. The molecule has 4 aromatic carbocycles. The third-order valence-corrected chi connectivity index (χ3v) is 6.71. The number of anilines is 1. The standard InChI is InChI=1S/C27H21FN4O3S/c1-17-14-25(32(31-17)23-13-9-19-15-21(28)10-6-20(19)16-23)27(33)30-22-11-7-18(8-12-22)24-4-2-3-5-26(24)36(29,34)35/h2-16H,1H3,(H,30,33)(H2,29,34,35). The zero-order chi connectivity index (χ0) is 25.4. The number of nitrogens with zero attached hydrogens (tertiary/aromatic N) is 2. The van der Waals surface area contributed by atoms with Crippen molar-refractivity contribution in [3.8, 4) is 16.8 Å². The molecule has 0 radical (unpaired) electrons. The molecular formula is C27H21FN4O3S. The Morgan fingerprint density at radius 3 is 2.36 bits per heavy atom. The molecule has 180 valence electrons. The van der Waals surface area contributed by atoms with Gasteiger partial charge in [0.05, 0.1) is 16.3 Å². The van der Waals surface area contributed by atoms with Crippen LogP contribution in [-0.4, -0.2) is 24.1 Å². The third-order valence-electron chi connectivity index (χ3n) is 5.74. The number of aryl methyl sites for hydroxylation is 1. The number of hydrogen-bond acceptors (Lipinski definition) is 4. The summed E-state index contributed by atoms with van der Waals surface area (Å²) >= 11 is 0. The van der Waals surface area contributed by atoms with E-state index in [1.54, 1.807) is 78.3 Å². The van der Waals surface area contributed by atoms with E-state index < -0.39 is 10.0 Å². The van der Waals surface area contributed by atoms with Crippen LogP contribution in [0.1, 0.15) is 16.2 Å². The fourth-order valence-corrected chi connectivity index (χ4v) is 4.84. The quantitative estimate of drug-likeness (QED) is 0.353. The Hall–Kier alpha value is -4.34. The Kier molecular flexibility index (Phi) is 5.87. The monoisotopic (exact) mass is 500 g/mol. The molecule has 9 heteroatoms. The van der Waals surface area contributed by atoms with Crippen molar-refractivity contribution in [3.63, 3.8) is 0 Å². The molecule has 0 aliphatic rings. The average Bonchev–Trinajstić information content (AvgIpc) is 3.25. The molecule has 1 aromatic heterocycles. The van der Waals surface area contributed by atoms with Gasteiger partial charge in [-0.05, 0) is 71.8 Å². The maximum Gasteiger partial charge on any atom is 0.274 e. The maximum atomic E-state index is 13.5. The summed E-state index contributed by atoms with van der Waals surface area (Å²) in [4.78, 5) is 13.2. The van der Waals surface area contributed by atoms with Crippen LogP contribution in [0.15, 0.2) is 95.9 Å². The lowest BCUT2D eigenvalue weighted by Gasteiger charge is -2.11. The van der Waals surface area contributed by atoms with Gasteiger partial charge in [-0.15, -0.1) is 0 Å². The molecule has 0 spiro atoms. The first-order valence-electron chi connectivity index (χ1n) is 11.0. The molecule has 0 unspecified atom stereocenters. The van der Waals surface area contributed by atoms with E-state index in [0.29, 0.717) is 33.9 Å². The van der Waals surface area contributed by atoms with Crippen LogP contribution in [0.5, 0.6) is 0 Å². The second-order valence-electron chi connectivity index (χ2n) is 8.33. The molecule has 0 atom stereocenters. The van der Waals surface area contributed by atoms with Crippen LogP contribution in [0, 0.1) is 12.7 Å². The Morgan fingerprint density at radius 1 is 0.917 bits per heavy atom. The predicted octanol–water partition coefficient (Wildman–Crippen LogP) is 5.04. The van der Waals surface area contributed by atoms with Gasteiger partial charge in [0.1, 0.15) is 11.5 Å². The molecule has 0 aliphatic heterocycles. The number of amides is 1. The van der Waals surface area contributed by atoms with E-state index in [1.165, 1.54) is 18.2 Å². The predicted molar refractivity (Wildman–Crippen MR) is 137 cm³/mol. The Labute approximate surface area is 207 Å². The van der Waals surface area contributed by atoms with Crippen LogP contribution in [0.3, 0.4) is 0 Å². The van der Waals surface area contributed by atoms with E-state index in [-0.39, 0.29) is 16.6 Å². The molecule has 0 saturated heterocycles. The van der Waals surface area contributed by atoms with E-state index >= 15 is 0 Å². The molecule has 0 bridgehead atoms. The third kappa shape index (κ3) is 4.61. The average molecular weight is 501 g/mol. The lowest BCUT2D eigenvalue weighted by Crippen LogP contribution is -2.17. The molecule has 5 rings (SSSR count). The zero-order valence-corrected chi connectivity index (χ0v) is 20.0. The molecule has 1 heterocycles. The van der Waals surface area contributed by atoms with Crippen molar-refractivity contribution >= 4 is 32.4 Å². The SMILES string of the molecule is Cc1cc(C(=O)Nc2ccc(-c3ccccc3S(N)(=O)=O)cc2)n(-c2ccc3cc(F)ccc3c2)n1. The highest BCUT2D eigenvalue weighted by molar-refractivity contribution is 7.89. The molecule has 7 nitrogen and oxygen atoms in total. The van der Waals surface area contributed by atoms with Gasteiger partial charge < -0.3 is 5.32 Å². The number of sulfonamides is 1. The Bertz CT molecular complexity index is 1730. The Morgan fingerprint density at radius 2 is 1.61 bits per heavy atom. The van der Waals surface area contributed by atoms with Gasteiger partial charge in [0.25, 0.3) is 5.91 Å². The van der Waals surface area contributed by atoms with Crippen molar-refractivity contribution in [2.24, 2.45) is 5.14 Å². The number of nitrogens with one attached hydrogen (secondary N) is 1. The highest BCUT2D eigenvalue weighted by atomic mass is 32.2. The normalized spacial score (nSPS) is 11.5. The number of benzene rings is 4. The minimum Gasteiger partial charge on any atom is -0.321 e. The van der Waals surface area contributed by atoms with Crippen LogP contribution in [0.4, 0.5) is 10.1 Å². The number of fused-ring (bicyclic) bond motifs is 1. The molecule has 5 aromatic rings. The number of aromatic nitrogens is 2. The van der Waals surface area contributed by atoms with Gasteiger partial charge in [0.2, 0.25) is 10.0 Å². The van der Waals surface area contributed by atoms with Gasteiger partial charge in [-0.2, -0.15) is 5.10 Å². The van der Waals surface area contributed by atoms with Crippen molar-refractivity contribution in [2.45, 2.75) is 11.8 Å².